The molecule has 0 saturated heterocycles. The van der Waals surface area contributed by atoms with Crippen molar-refractivity contribution >= 4 is 33.4 Å². The van der Waals surface area contributed by atoms with Crippen LogP contribution in [0, 0.1) is 6.92 Å². The van der Waals surface area contributed by atoms with Crippen molar-refractivity contribution in [2.45, 2.75) is 19.9 Å². The van der Waals surface area contributed by atoms with E-state index in [4.69, 9.17) is 5.11 Å². The van der Waals surface area contributed by atoms with E-state index in [-0.39, 0.29) is 24.4 Å². The first-order valence-corrected chi connectivity index (χ1v) is 8.81. The van der Waals surface area contributed by atoms with Gasteiger partial charge >= 0.3 is 5.97 Å². The third-order valence-corrected chi connectivity index (χ3v) is 5.14. The van der Waals surface area contributed by atoms with Crippen molar-refractivity contribution < 1.29 is 14.7 Å². The van der Waals surface area contributed by atoms with Crippen molar-refractivity contribution in [2.24, 2.45) is 0 Å². The Bertz CT molecular complexity index is 1020. The van der Waals surface area contributed by atoms with E-state index in [9.17, 15) is 14.4 Å². The summed E-state index contributed by atoms with van der Waals surface area (Å²) in [6.45, 7) is 2.15. The number of hydrogen-bond acceptors (Lipinski definition) is 5. The Kier molecular flexibility index (Phi) is 5.13. The van der Waals surface area contributed by atoms with Gasteiger partial charge in [0.15, 0.2) is 0 Å². The summed E-state index contributed by atoms with van der Waals surface area (Å²) < 4.78 is 1.52. The Labute approximate surface area is 152 Å². The van der Waals surface area contributed by atoms with Crippen LogP contribution in [0.1, 0.15) is 27.2 Å². The van der Waals surface area contributed by atoms with E-state index in [1.807, 2.05) is 30.3 Å². The second kappa shape index (κ2) is 7.49. The van der Waals surface area contributed by atoms with E-state index in [0.29, 0.717) is 27.2 Å². The number of nitrogens with one attached hydrogen (secondary N) is 1. The molecule has 0 bridgehead atoms. The fourth-order valence-corrected chi connectivity index (χ4v) is 3.69. The summed E-state index contributed by atoms with van der Waals surface area (Å²) in [6, 6.07) is 9.58. The monoisotopic (exact) mass is 371 g/mol. The van der Waals surface area contributed by atoms with E-state index in [0.717, 1.165) is 16.9 Å². The van der Waals surface area contributed by atoms with Gasteiger partial charge in [-0.3, -0.25) is 19.0 Å². The molecule has 2 aromatic heterocycles. The van der Waals surface area contributed by atoms with Gasteiger partial charge in [-0.2, -0.15) is 0 Å². The van der Waals surface area contributed by atoms with Crippen molar-refractivity contribution in [1.82, 2.24) is 14.9 Å². The normalized spacial score (nSPS) is 10.8. The maximum Gasteiger partial charge on any atom is 0.305 e. The highest BCUT2D eigenvalue weighted by atomic mass is 32.1. The van der Waals surface area contributed by atoms with Crippen molar-refractivity contribution in [2.75, 3.05) is 6.54 Å². The lowest BCUT2D eigenvalue weighted by molar-refractivity contribution is -0.136. The molecule has 0 radical (unpaired) electrons. The lowest BCUT2D eigenvalue weighted by Gasteiger charge is -2.05. The Morgan fingerprint density at radius 2 is 2.00 bits per heavy atom. The van der Waals surface area contributed by atoms with E-state index in [1.54, 1.807) is 6.92 Å². The number of rotatable bonds is 6. The highest BCUT2D eigenvalue weighted by molar-refractivity contribution is 7.20. The van der Waals surface area contributed by atoms with Crippen molar-refractivity contribution in [3.63, 3.8) is 0 Å². The number of aryl methyl sites for hydroxylation is 1. The maximum atomic E-state index is 12.8. The number of carboxylic acids is 1. The van der Waals surface area contributed by atoms with E-state index < -0.39 is 5.97 Å². The van der Waals surface area contributed by atoms with Crippen LogP contribution in [0.25, 0.3) is 10.2 Å². The van der Waals surface area contributed by atoms with Gasteiger partial charge in [0.25, 0.3) is 11.5 Å². The Balaban J connectivity index is 1.91. The summed E-state index contributed by atoms with van der Waals surface area (Å²) in [5, 5.41) is 11.6. The number of aliphatic carboxylic acids is 1. The second-order valence-electron chi connectivity index (χ2n) is 5.80. The number of carboxylic acid groups (broad SMARTS) is 1. The molecule has 7 nitrogen and oxygen atoms in total. The number of nitrogens with zero attached hydrogens (tertiary/aromatic N) is 2. The number of hydrogen-bond donors (Lipinski definition) is 2. The SMILES string of the molecule is Cc1c(C(=O)NCCC(=O)O)sc2ncn(Cc3ccccc3)c(=O)c12. The zero-order chi connectivity index (χ0) is 18.7. The minimum absolute atomic E-state index is 0.0352. The molecule has 8 heteroatoms. The fourth-order valence-electron chi connectivity index (χ4n) is 2.63. The minimum atomic E-state index is -0.983. The third kappa shape index (κ3) is 3.65. The average molecular weight is 371 g/mol. The van der Waals surface area contributed by atoms with Gasteiger partial charge in [-0.15, -0.1) is 11.3 Å². The molecule has 0 aliphatic carbocycles. The Hall–Kier alpha value is -3.00. The Morgan fingerprint density at radius 1 is 1.27 bits per heavy atom. The quantitative estimate of drug-likeness (QED) is 0.690. The van der Waals surface area contributed by atoms with E-state index in [2.05, 4.69) is 10.3 Å². The van der Waals surface area contributed by atoms with E-state index >= 15 is 0 Å². The summed E-state index contributed by atoms with van der Waals surface area (Å²) in [5.74, 6) is -1.37. The molecule has 0 aliphatic rings. The number of thiophene rings is 1. The molecule has 0 fully saturated rings. The first-order chi connectivity index (χ1) is 12.5. The predicted molar refractivity (Wildman–Crippen MR) is 98.7 cm³/mol. The molecule has 134 valence electrons. The molecule has 3 rings (SSSR count). The molecule has 1 amide bonds. The number of carbonyl (C=O) groups excluding carboxylic acids is 1. The predicted octanol–water partition coefficient (Wildman–Crippen LogP) is 2.02. The minimum Gasteiger partial charge on any atom is -0.481 e. The average Bonchev–Trinajstić information content (AvgIpc) is 2.95. The van der Waals surface area contributed by atoms with Gasteiger partial charge in [-0.1, -0.05) is 30.3 Å². The fraction of sp³-hybridized carbons (Fsp3) is 0.222. The maximum absolute atomic E-state index is 12.8. The molecule has 0 unspecified atom stereocenters. The zero-order valence-corrected chi connectivity index (χ0v) is 14.9. The molecular formula is C18H17N3O4S. The van der Waals surface area contributed by atoms with Crippen LogP contribution in [0.4, 0.5) is 0 Å². The first kappa shape index (κ1) is 17.8. The molecule has 0 saturated carbocycles. The molecule has 3 aromatic rings. The van der Waals surface area contributed by atoms with Gasteiger partial charge < -0.3 is 10.4 Å². The van der Waals surface area contributed by atoms with Crippen LogP contribution in [0.3, 0.4) is 0 Å². The van der Waals surface area contributed by atoms with Gasteiger partial charge in [0.05, 0.1) is 29.6 Å². The molecule has 0 aliphatic heterocycles. The van der Waals surface area contributed by atoms with Crippen molar-refractivity contribution in [1.29, 1.82) is 0 Å². The number of benzene rings is 1. The standard InChI is InChI=1S/C18H17N3O4S/c1-11-14-17(26-15(11)16(24)19-8-7-13(22)23)20-10-21(18(14)25)9-12-5-3-2-4-6-12/h2-6,10H,7-9H2,1H3,(H,19,24)(H,22,23). The van der Waals surface area contributed by atoms with Crippen LogP contribution in [0.15, 0.2) is 41.5 Å². The molecule has 2 N–H and O–H groups in total. The van der Waals surface area contributed by atoms with Crippen molar-refractivity contribution in [3.05, 3.63) is 63.0 Å². The van der Waals surface area contributed by atoms with Gasteiger partial charge in [-0.05, 0) is 18.1 Å². The smallest absolute Gasteiger partial charge is 0.305 e. The molecule has 0 spiro atoms. The highest BCUT2D eigenvalue weighted by Crippen LogP contribution is 2.26. The van der Waals surface area contributed by atoms with Gasteiger partial charge in [0.2, 0.25) is 0 Å². The molecule has 2 heterocycles. The summed E-state index contributed by atoms with van der Waals surface area (Å²) >= 11 is 1.14. The lowest BCUT2D eigenvalue weighted by Crippen LogP contribution is -2.26. The number of carbonyl (C=O) groups is 2. The topological polar surface area (TPSA) is 101 Å². The first-order valence-electron chi connectivity index (χ1n) is 8.00. The summed E-state index contributed by atoms with van der Waals surface area (Å²) in [4.78, 5) is 40.8. The van der Waals surface area contributed by atoms with Crippen LogP contribution in [-0.4, -0.2) is 33.1 Å². The summed E-state index contributed by atoms with van der Waals surface area (Å²) in [6.07, 6.45) is 1.33. The molecule has 0 atom stereocenters. The van der Waals surface area contributed by atoms with Crippen LogP contribution in [0.5, 0.6) is 0 Å². The third-order valence-electron chi connectivity index (χ3n) is 3.94. The van der Waals surface area contributed by atoms with Crippen LogP contribution in [-0.2, 0) is 11.3 Å². The van der Waals surface area contributed by atoms with Crippen LogP contribution >= 0.6 is 11.3 Å². The molecule has 1 aromatic carbocycles. The van der Waals surface area contributed by atoms with Gasteiger partial charge in [-0.25, -0.2) is 4.98 Å². The van der Waals surface area contributed by atoms with Crippen LogP contribution in [0.2, 0.25) is 0 Å². The largest absolute Gasteiger partial charge is 0.481 e. The number of fused-ring (bicyclic) bond motifs is 1. The zero-order valence-electron chi connectivity index (χ0n) is 14.1. The lowest BCUT2D eigenvalue weighted by atomic mass is 10.2. The molecule has 26 heavy (non-hydrogen) atoms. The number of amides is 1. The second-order valence-corrected chi connectivity index (χ2v) is 6.80. The van der Waals surface area contributed by atoms with Gasteiger partial charge in [0, 0.05) is 6.54 Å². The Morgan fingerprint density at radius 3 is 2.69 bits per heavy atom. The van der Waals surface area contributed by atoms with Crippen LogP contribution < -0.4 is 10.9 Å². The highest BCUT2D eigenvalue weighted by Gasteiger charge is 2.19. The van der Waals surface area contributed by atoms with Crippen molar-refractivity contribution in [3.8, 4) is 0 Å². The molecular weight excluding hydrogens is 354 g/mol. The summed E-state index contributed by atoms with van der Waals surface area (Å²) in [5.41, 5.74) is 1.35. The van der Waals surface area contributed by atoms with Gasteiger partial charge in [0.1, 0.15) is 4.83 Å². The van der Waals surface area contributed by atoms with E-state index in [1.165, 1.54) is 10.9 Å². The summed E-state index contributed by atoms with van der Waals surface area (Å²) in [7, 11) is 0. The number of aromatic nitrogens is 2.